The van der Waals surface area contributed by atoms with Gasteiger partial charge in [-0.25, -0.2) is 0 Å². The molecule has 0 atom stereocenters. The third kappa shape index (κ3) is 2.71. The van der Waals surface area contributed by atoms with Crippen LogP contribution in [0.5, 0.6) is 0 Å². The minimum Gasteiger partial charge on any atom is -0.399 e. The maximum atomic E-state index is 12.9. The molecule has 2 aromatic carbocycles. The number of hydrogen-bond donors (Lipinski definition) is 1. The van der Waals surface area contributed by atoms with Gasteiger partial charge < -0.3 is 5.73 Å². The Hall–Kier alpha value is -2.31. The van der Waals surface area contributed by atoms with Crippen molar-refractivity contribution in [3.8, 4) is 11.3 Å². The van der Waals surface area contributed by atoms with Gasteiger partial charge in [0, 0.05) is 11.3 Å². The third-order valence-corrected chi connectivity index (χ3v) is 5.30. The van der Waals surface area contributed by atoms with E-state index in [0.29, 0.717) is 11.3 Å². The summed E-state index contributed by atoms with van der Waals surface area (Å²) in [5.74, 6) is 0. The first-order chi connectivity index (χ1) is 10.9. The van der Waals surface area contributed by atoms with Crippen LogP contribution in [0.2, 0.25) is 5.02 Å². The lowest BCUT2D eigenvalue weighted by atomic mass is 10.1. The molecule has 0 saturated carbocycles. The molecular formula is C16H13ClN3O2S. The number of benzene rings is 2. The molecule has 0 saturated heterocycles. The summed E-state index contributed by atoms with van der Waals surface area (Å²) >= 11 is 6.24. The fourth-order valence-electron chi connectivity index (χ4n) is 2.17. The van der Waals surface area contributed by atoms with E-state index in [1.807, 2.05) is 6.07 Å². The van der Waals surface area contributed by atoms with E-state index >= 15 is 0 Å². The molecule has 0 bridgehead atoms. The smallest absolute Gasteiger partial charge is 0.283 e. The Bertz CT molecular complexity index is 949. The molecule has 0 fully saturated rings. The highest BCUT2D eigenvalue weighted by Gasteiger charge is 2.26. The number of nitrogens with two attached hydrogens (primary N) is 1. The Morgan fingerprint density at radius 1 is 1.04 bits per heavy atom. The molecule has 0 unspecified atom stereocenters. The van der Waals surface area contributed by atoms with Gasteiger partial charge in [0.2, 0.25) is 0 Å². The van der Waals surface area contributed by atoms with Crippen LogP contribution in [0.3, 0.4) is 0 Å². The predicted molar refractivity (Wildman–Crippen MR) is 90.6 cm³/mol. The lowest BCUT2D eigenvalue weighted by molar-refractivity contribution is 0.580. The highest BCUT2D eigenvalue weighted by molar-refractivity contribution is 7.90. The fraction of sp³-hybridized carbons (Fsp3) is 0. The summed E-state index contributed by atoms with van der Waals surface area (Å²) in [7, 11) is -3.91. The van der Waals surface area contributed by atoms with Crippen molar-refractivity contribution in [2.75, 3.05) is 5.73 Å². The van der Waals surface area contributed by atoms with E-state index in [2.05, 4.69) is 12.0 Å². The van der Waals surface area contributed by atoms with Gasteiger partial charge in [-0.05, 0) is 31.2 Å². The Labute approximate surface area is 139 Å². The molecule has 7 heteroatoms. The van der Waals surface area contributed by atoms with Gasteiger partial charge in [-0.3, -0.25) is 0 Å². The lowest BCUT2D eigenvalue weighted by Gasteiger charge is -2.09. The Morgan fingerprint density at radius 3 is 2.26 bits per heavy atom. The molecule has 3 rings (SSSR count). The Balaban J connectivity index is 2.25. The van der Waals surface area contributed by atoms with E-state index in [1.54, 1.807) is 24.3 Å². The zero-order chi connectivity index (χ0) is 16.6. The van der Waals surface area contributed by atoms with Crippen molar-refractivity contribution in [1.82, 2.24) is 9.19 Å². The van der Waals surface area contributed by atoms with Crippen molar-refractivity contribution in [1.29, 1.82) is 0 Å². The number of anilines is 1. The van der Waals surface area contributed by atoms with Gasteiger partial charge in [0.15, 0.2) is 0 Å². The number of nitrogens with zero attached hydrogens (tertiary/aromatic N) is 2. The second-order valence-corrected chi connectivity index (χ2v) is 7.04. The largest absolute Gasteiger partial charge is 0.399 e. The minimum atomic E-state index is -3.91. The lowest BCUT2D eigenvalue weighted by Crippen LogP contribution is -2.16. The zero-order valence-corrected chi connectivity index (χ0v) is 13.6. The molecule has 1 radical (unpaired) electrons. The van der Waals surface area contributed by atoms with Gasteiger partial charge in [0.25, 0.3) is 10.0 Å². The molecule has 0 aliphatic heterocycles. The summed E-state index contributed by atoms with van der Waals surface area (Å²) in [5.41, 5.74) is 7.21. The normalized spacial score (nSPS) is 11.6. The minimum absolute atomic E-state index is 0.0723. The average Bonchev–Trinajstić information content (AvgIpc) is 2.85. The van der Waals surface area contributed by atoms with Crippen LogP contribution in [0.25, 0.3) is 11.3 Å². The highest BCUT2D eigenvalue weighted by atomic mass is 35.5. The second-order valence-electron chi connectivity index (χ2n) is 4.89. The van der Waals surface area contributed by atoms with Crippen molar-refractivity contribution in [3.05, 3.63) is 72.2 Å². The van der Waals surface area contributed by atoms with Gasteiger partial charge >= 0.3 is 0 Å². The molecule has 0 aliphatic carbocycles. The summed E-state index contributed by atoms with van der Waals surface area (Å²) in [5, 5.41) is 4.22. The number of nitrogen functional groups attached to an aromatic ring is 1. The van der Waals surface area contributed by atoms with Crippen molar-refractivity contribution in [2.45, 2.75) is 4.90 Å². The molecule has 0 spiro atoms. The van der Waals surface area contributed by atoms with E-state index in [4.69, 9.17) is 17.3 Å². The van der Waals surface area contributed by atoms with Gasteiger partial charge in [0.05, 0.1) is 15.6 Å². The third-order valence-electron chi connectivity index (χ3n) is 3.32. The summed E-state index contributed by atoms with van der Waals surface area (Å²) in [6.45, 7) is 3.70. The van der Waals surface area contributed by atoms with Gasteiger partial charge in [-0.2, -0.15) is 17.6 Å². The molecule has 2 N–H and O–H groups in total. The van der Waals surface area contributed by atoms with Crippen LogP contribution in [0.15, 0.2) is 59.5 Å². The molecule has 117 valence electrons. The van der Waals surface area contributed by atoms with E-state index < -0.39 is 10.0 Å². The second kappa shape index (κ2) is 5.72. The van der Waals surface area contributed by atoms with Crippen LogP contribution in [-0.4, -0.2) is 17.6 Å². The molecule has 0 aliphatic rings. The molecule has 1 aromatic heterocycles. The number of aromatic nitrogens is 2. The first-order valence-corrected chi connectivity index (χ1v) is 8.50. The maximum absolute atomic E-state index is 12.9. The molecule has 1 heterocycles. The molecule has 5 nitrogen and oxygen atoms in total. The van der Waals surface area contributed by atoms with E-state index in [-0.39, 0.29) is 21.3 Å². The monoisotopic (exact) mass is 346 g/mol. The summed E-state index contributed by atoms with van der Waals surface area (Å²) < 4.78 is 26.7. The van der Waals surface area contributed by atoms with E-state index in [0.717, 1.165) is 4.09 Å². The van der Waals surface area contributed by atoms with Gasteiger partial charge in [-0.15, -0.1) is 0 Å². The summed E-state index contributed by atoms with van der Waals surface area (Å²) in [6, 6.07) is 14.8. The zero-order valence-electron chi connectivity index (χ0n) is 12.0. The SMILES string of the molecule is [CH2]c1nn(S(=O)(=O)c2ccc(N)cc2)c(-c2ccccc2)c1Cl. The average molecular weight is 347 g/mol. The van der Waals surface area contributed by atoms with Crippen molar-refractivity contribution in [3.63, 3.8) is 0 Å². The Morgan fingerprint density at radius 2 is 1.65 bits per heavy atom. The van der Waals surface area contributed by atoms with Crippen molar-refractivity contribution < 1.29 is 8.42 Å². The van der Waals surface area contributed by atoms with Crippen LogP contribution < -0.4 is 5.73 Å². The molecule has 23 heavy (non-hydrogen) atoms. The molecule has 0 amide bonds. The number of hydrogen-bond acceptors (Lipinski definition) is 4. The van der Waals surface area contributed by atoms with Crippen LogP contribution in [0.4, 0.5) is 5.69 Å². The summed E-state index contributed by atoms with van der Waals surface area (Å²) in [4.78, 5) is 0.0723. The fourth-order valence-corrected chi connectivity index (χ4v) is 3.77. The van der Waals surface area contributed by atoms with Gasteiger partial charge in [-0.1, -0.05) is 41.9 Å². The van der Waals surface area contributed by atoms with Crippen LogP contribution in [-0.2, 0) is 10.0 Å². The standard InChI is InChI=1S/C16H13ClN3O2S/c1-11-15(17)16(12-5-3-2-4-6-12)20(19-11)23(21,22)14-9-7-13(18)8-10-14/h2-10H,1,18H2. The quantitative estimate of drug-likeness (QED) is 0.739. The first kappa shape index (κ1) is 15.6. The van der Waals surface area contributed by atoms with Crippen LogP contribution in [0.1, 0.15) is 5.69 Å². The van der Waals surface area contributed by atoms with Crippen LogP contribution >= 0.6 is 11.6 Å². The van der Waals surface area contributed by atoms with Crippen LogP contribution in [0, 0.1) is 6.92 Å². The number of rotatable bonds is 3. The molecule has 3 aromatic rings. The van der Waals surface area contributed by atoms with E-state index in [1.165, 1.54) is 24.3 Å². The maximum Gasteiger partial charge on any atom is 0.283 e. The first-order valence-electron chi connectivity index (χ1n) is 6.68. The summed E-state index contributed by atoms with van der Waals surface area (Å²) in [6.07, 6.45) is 0. The molecular weight excluding hydrogens is 334 g/mol. The predicted octanol–water partition coefficient (Wildman–Crippen LogP) is 3.20. The van der Waals surface area contributed by atoms with Crippen molar-refractivity contribution >= 4 is 27.3 Å². The Kier molecular flexibility index (Phi) is 3.87. The number of halogens is 1. The van der Waals surface area contributed by atoms with Gasteiger partial charge in [0.1, 0.15) is 5.69 Å². The van der Waals surface area contributed by atoms with E-state index in [9.17, 15) is 8.42 Å². The van der Waals surface area contributed by atoms with Crippen molar-refractivity contribution in [2.24, 2.45) is 0 Å². The topological polar surface area (TPSA) is 78.0 Å². The highest BCUT2D eigenvalue weighted by Crippen LogP contribution is 2.33.